The van der Waals surface area contributed by atoms with Crippen molar-refractivity contribution in [3.63, 3.8) is 0 Å². The zero-order chi connectivity index (χ0) is 20.8. The Morgan fingerprint density at radius 3 is 2.64 bits per heavy atom. The van der Waals surface area contributed by atoms with Gasteiger partial charge in [0.1, 0.15) is 10.9 Å². The second kappa shape index (κ2) is 9.87. The van der Waals surface area contributed by atoms with E-state index in [1.165, 1.54) is 11.8 Å². The molecule has 0 aromatic carbocycles. The summed E-state index contributed by atoms with van der Waals surface area (Å²) in [5, 5.41) is 11.6. The normalized spacial score (nSPS) is 12.2. The molecule has 0 saturated heterocycles. The summed E-state index contributed by atoms with van der Waals surface area (Å²) < 4.78 is 6.88. The molecule has 0 spiro atoms. The van der Waals surface area contributed by atoms with Crippen molar-refractivity contribution in [3.05, 3.63) is 10.6 Å². The van der Waals surface area contributed by atoms with Gasteiger partial charge in [-0.25, -0.2) is 9.78 Å². The summed E-state index contributed by atoms with van der Waals surface area (Å²) in [6, 6.07) is -0.579. The molecule has 0 aliphatic rings. The Labute approximate surface area is 172 Å². The molecule has 9 nitrogen and oxygen atoms in total. The van der Waals surface area contributed by atoms with Crippen LogP contribution in [0.3, 0.4) is 0 Å². The molecule has 2 aromatic heterocycles. The fourth-order valence-electron chi connectivity index (χ4n) is 2.43. The van der Waals surface area contributed by atoms with Gasteiger partial charge in [-0.15, -0.1) is 10.2 Å². The Hall–Kier alpha value is -2.14. The van der Waals surface area contributed by atoms with Gasteiger partial charge in [0, 0.05) is 0 Å². The highest BCUT2D eigenvalue weighted by atomic mass is 32.2. The molecule has 0 aliphatic heterocycles. The number of aromatic nitrogens is 4. The Bertz CT molecular complexity index is 833. The molecule has 28 heavy (non-hydrogen) atoms. The average molecular weight is 427 g/mol. The van der Waals surface area contributed by atoms with Crippen LogP contribution in [-0.2, 0) is 9.53 Å². The molecule has 0 radical (unpaired) electrons. The Kier molecular flexibility index (Phi) is 7.81. The van der Waals surface area contributed by atoms with Crippen molar-refractivity contribution in [1.29, 1.82) is 0 Å². The number of thioether (sulfide) groups is 1. The Morgan fingerprint density at radius 1 is 1.32 bits per heavy atom. The van der Waals surface area contributed by atoms with Gasteiger partial charge in [-0.05, 0) is 25.0 Å². The van der Waals surface area contributed by atoms with Gasteiger partial charge in [0.15, 0.2) is 10.3 Å². The number of nitrogens with one attached hydrogen (secondary N) is 1. The largest absolute Gasteiger partial charge is 0.461 e. The molecule has 154 valence electrons. The molecule has 3 N–H and O–H groups in total. The van der Waals surface area contributed by atoms with Crippen LogP contribution in [-0.4, -0.2) is 44.0 Å². The number of carbonyl (C=O) groups is 2. The van der Waals surface area contributed by atoms with E-state index in [1.54, 1.807) is 11.5 Å². The second-order valence-corrected chi connectivity index (χ2v) is 8.71. The van der Waals surface area contributed by atoms with Gasteiger partial charge < -0.3 is 15.8 Å². The molecule has 1 atom stereocenters. The highest BCUT2D eigenvalue weighted by Gasteiger charge is 2.26. The third-order valence-electron chi connectivity index (χ3n) is 3.73. The summed E-state index contributed by atoms with van der Waals surface area (Å²) in [6.45, 7) is 9.84. The molecule has 0 bridgehead atoms. The number of nitrogen functional groups attached to an aromatic ring is 1. The molecular formula is C17H26N6O3S2. The van der Waals surface area contributed by atoms with Gasteiger partial charge in [-0.2, -0.15) is 0 Å². The van der Waals surface area contributed by atoms with Crippen molar-refractivity contribution in [2.75, 3.05) is 23.4 Å². The van der Waals surface area contributed by atoms with E-state index < -0.39 is 12.0 Å². The summed E-state index contributed by atoms with van der Waals surface area (Å²) in [4.78, 5) is 29.7. The van der Waals surface area contributed by atoms with E-state index in [1.807, 2.05) is 27.7 Å². The van der Waals surface area contributed by atoms with Gasteiger partial charge >= 0.3 is 5.97 Å². The predicted molar refractivity (Wildman–Crippen MR) is 111 cm³/mol. The maximum absolute atomic E-state index is 12.9. The van der Waals surface area contributed by atoms with Crippen LogP contribution < -0.4 is 11.1 Å². The molecular weight excluding hydrogens is 400 g/mol. The van der Waals surface area contributed by atoms with Gasteiger partial charge in [-0.3, -0.25) is 9.36 Å². The van der Waals surface area contributed by atoms with E-state index in [2.05, 4.69) is 20.5 Å². The van der Waals surface area contributed by atoms with Gasteiger partial charge in [0.2, 0.25) is 11.9 Å². The number of rotatable bonds is 9. The van der Waals surface area contributed by atoms with E-state index in [9.17, 15) is 9.59 Å². The maximum Gasteiger partial charge on any atom is 0.350 e. The lowest BCUT2D eigenvalue weighted by atomic mass is 10.2. The quantitative estimate of drug-likeness (QED) is 0.463. The number of carbonyl (C=O) groups excluding carboxylic acids is 2. The van der Waals surface area contributed by atoms with Crippen LogP contribution in [0, 0.1) is 12.8 Å². The van der Waals surface area contributed by atoms with E-state index in [-0.39, 0.29) is 17.8 Å². The Balaban J connectivity index is 2.16. The molecule has 1 unspecified atom stereocenters. The topological polar surface area (TPSA) is 125 Å². The van der Waals surface area contributed by atoms with E-state index in [4.69, 9.17) is 10.5 Å². The van der Waals surface area contributed by atoms with E-state index >= 15 is 0 Å². The SMILES string of the molecule is CCSc1nnc(N)n1C(CC)C(=O)Nc1nc(C)c(C(=O)OCC(C)C)s1. The first-order valence-electron chi connectivity index (χ1n) is 9.06. The third-order valence-corrected chi connectivity index (χ3v) is 5.60. The van der Waals surface area contributed by atoms with Crippen LogP contribution in [0.15, 0.2) is 5.16 Å². The third kappa shape index (κ3) is 5.22. The van der Waals surface area contributed by atoms with Crippen LogP contribution in [0.2, 0.25) is 0 Å². The Morgan fingerprint density at radius 2 is 2.04 bits per heavy atom. The van der Waals surface area contributed by atoms with Gasteiger partial charge in [-0.1, -0.05) is 50.8 Å². The van der Waals surface area contributed by atoms with Crippen LogP contribution >= 0.6 is 23.1 Å². The summed E-state index contributed by atoms with van der Waals surface area (Å²) in [5.41, 5.74) is 6.45. The van der Waals surface area contributed by atoms with Gasteiger partial charge in [0.05, 0.1) is 12.3 Å². The number of aryl methyl sites for hydroxylation is 1. The average Bonchev–Trinajstić information content (AvgIpc) is 3.17. The number of ether oxygens (including phenoxy) is 1. The van der Waals surface area contributed by atoms with Gasteiger partial charge in [0.25, 0.3) is 0 Å². The molecule has 2 heterocycles. The molecule has 0 fully saturated rings. The summed E-state index contributed by atoms with van der Waals surface area (Å²) >= 11 is 2.56. The number of esters is 1. The lowest BCUT2D eigenvalue weighted by molar-refractivity contribution is -0.119. The summed E-state index contributed by atoms with van der Waals surface area (Å²) in [6.07, 6.45) is 0.499. The summed E-state index contributed by atoms with van der Waals surface area (Å²) in [5.74, 6) is 0.491. The standard InChI is InChI=1S/C17H26N6O3S2/c1-6-11(23-15(18)21-22-17(23)27-7-2)13(24)20-16-19-10(5)12(28-16)14(25)26-8-9(3)4/h9,11H,6-8H2,1-5H3,(H2,18,21)(H,19,20,24). The first kappa shape index (κ1) is 22.2. The predicted octanol–water partition coefficient (Wildman–Crippen LogP) is 3.14. The van der Waals surface area contributed by atoms with Crippen LogP contribution in [0.25, 0.3) is 0 Å². The highest BCUT2D eigenvalue weighted by molar-refractivity contribution is 7.99. The number of hydrogen-bond acceptors (Lipinski definition) is 9. The number of hydrogen-bond donors (Lipinski definition) is 2. The smallest absolute Gasteiger partial charge is 0.350 e. The maximum atomic E-state index is 12.9. The van der Waals surface area contributed by atoms with E-state index in [0.29, 0.717) is 33.9 Å². The lowest BCUT2D eigenvalue weighted by Gasteiger charge is -2.18. The number of nitrogens with two attached hydrogens (primary N) is 1. The van der Waals surface area contributed by atoms with Crippen molar-refractivity contribution in [1.82, 2.24) is 19.7 Å². The molecule has 1 amide bonds. The van der Waals surface area contributed by atoms with Crippen molar-refractivity contribution < 1.29 is 14.3 Å². The first-order valence-corrected chi connectivity index (χ1v) is 10.9. The fourth-order valence-corrected chi connectivity index (χ4v) is 4.01. The molecule has 2 rings (SSSR count). The number of nitrogens with zero attached hydrogens (tertiary/aromatic N) is 4. The van der Waals surface area contributed by atoms with Crippen LogP contribution in [0.5, 0.6) is 0 Å². The molecule has 0 saturated carbocycles. The van der Waals surface area contributed by atoms with Crippen LogP contribution in [0.4, 0.5) is 11.1 Å². The molecule has 2 aromatic rings. The monoisotopic (exact) mass is 426 g/mol. The van der Waals surface area contributed by atoms with Crippen molar-refractivity contribution in [2.24, 2.45) is 5.92 Å². The zero-order valence-corrected chi connectivity index (χ0v) is 18.3. The minimum Gasteiger partial charge on any atom is -0.461 e. The van der Waals surface area contributed by atoms with Crippen LogP contribution in [0.1, 0.15) is 55.5 Å². The number of thiazole rings is 1. The fraction of sp³-hybridized carbons (Fsp3) is 0.588. The minimum absolute atomic E-state index is 0.186. The first-order chi connectivity index (χ1) is 13.3. The minimum atomic E-state index is -0.579. The molecule has 0 aliphatic carbocycles. The summed E-state index contributed by atoms with van der Waals surface area (Å²) in [7, 11) is 0. The highest BCUT2D eigenvalue weighted by Crippen LogP contribution is 2.28. The molecule has 11 heteroatoms. The lowest BCUT2D eigenvalue weighted by Crippen LogP contribution is -2.27. The van der Waals surface area contributed by atoms with Crippen molar-refractivity contribution in [2.45, 2.75) is 52.2 Å². The number of anilines is 2. The second-order valence-electron chi connectivity index (χ2n) is 6.48. The van der Waals surface area contributed by atoms with E-state index in [0.717, 1.165) is 17.1 Å². The zero-order valence-electron chi connectivity index (χ0n) is 16.7. The van der Waals surface area contributed by atoms with Crippen molar-refractivity contribution >= 4 is 46.1 Å². The number of amides is 1. The van der Waals surface area contributed by atoms with Crippen molar-refractivity contribution in [3.8, 4) is 0 Å².